The van der Waals surface area contributed by atoms with Crippen molar-refractivity contribution < 1.29 is 9.53 Å². The highest BCUT2D eigenvalue weighted by atomic mass is 32.1. The first-order chi connectivity index (χ1) is 9.76. The highest BCUT2D eigenvalue weighted by Crippen LogP contribution is 2.23. The van der Waals surface area contributed by atoms with Gasteiger partial charge < -0.3 is 15.4 Å². The van der Waals surface area contributed by atoms with Crippen LogP contribution in [0.2, 0.25) is 0 Å². The number of nitrogens with zero attached hydrogens (tertiary/aromatic N) is 1. The van der Waals surface area contributed by atoms with Crippen LogP contribution in [0.5, 0.6) is 0 Å². The predicted octanol–water partition coefficient (Wildman–Crippen LogP) is 1.56. The van der Waals surface area contributed by atoms with E-state index in [1.54, 1.807) is 7.11 Å². The average molecular weight is 292 g/mol. The van der Waals surface area contributed by atoms with E-state index < -0.39 is 0 Å². The molecule has 1 saturated heterocycles. The van der Waals surface area contributed by atoms with Crippen molar-refractivity contribution >= 4 is 17.2 Å². The van der Waals surface area contributed by atoms with Crippen molar-refractivity contribution in [1.29, 1.82) is 0 Å². The molecular weight excluding hydrogens is 272 g/mol. The Bertz CT molecular complexity index is 513. The Hall–Kier alpha value is -1.35. The van der Waals surface area contributed by atoms with Crippen LogP contribution in [0.4, 0.5) is 0 Å². The maximum absolute atomic E-state index is 12.6. The number of likely N-dealkylation sites (tertiary alicyclic amines) is 1. The van der Waals surface area contributed by atoms with E-state index in [1.807, 2.05) is 16.3 Å². The van der Waals surface area contributed by atoms with Gasteiger partial charge in [-0.05, 0) is 30.2 Å². The van der Waals surface area contributed by atoms with Crippen LogP contribution in [-0.4, -0.2) is 44.2 Å². The van der Waals surface area contributed by atoms with Crippen LogP contribution in [0.15, 0.2) is 11.4 Å². The molecule has 2 rings (SSSR count). The lowest BCUT2D eigenvalue weighted by Gasteiger charge is -2.32. The fraction of sp³-hybridized carbons (Fsp3) is 0.533. The second-order valence-corrected chi connectivity index (χ2v) is 5.80. The normalized spacial score (nSPS) is 18.5. The molecule has 0 bridgehead atoms. The molecule has 1 aromatic rings. The molecular formula is C15H20N2O2S. The number of rotatable bonds is 3. The first kappa shape index (κ1) is 15.0. The van der Waals surface area contributed by atoms with Gasteiger partial charge in [0.15, 0.2) is 0 Å². The van der Waals surface area contributed by atoms with Crippen molar-refractivity contribution in [3.05, 3.63) is 21.9 Å². The molecule has 1 aliphatic rings. The van der Waals surface area contributed by atoms with Gasteiger partial charge in [-0.3, -0.25) is 4.79 Å². The zero-order valence-electron chi connectivity index (χ0n) is 11.7. The van der Waals surface area contributed by atoms with E-state index in [-0.39, 0.29) is 5.91 Å². The fourth-order valence-electron chi connectivity index (χ4n) is 2.48. The summed E-state index contributed by atoms with van der Waals surface area (Å²) in [7, 11) is 1.71. The smallest absolute Gasteiger partial charge is 0.265 e. The van der Waals surface area contributed by atoms with Gasteiger partial charge in [0.2, 0.25) is 0 Å². The molecule has 1 aromatic heterocycles. The summed E-state index contributed by atoms with van der Waals surface area (Å²) in [5.41, 5.74) is 6.18. The number of carbonyl (C=O) groups is 1. The van der Waals surface area contributed by atoms with Crippen LogP contribution in [0, 0.1) is 17.8 Å². The van der Waals surface area contributed by atoms with Gasteiger partial charge in [0.1, 0.15) is 4.88 Å². The number of thiophene rings is 1. The maximum Gasteiger partial charge on any atom is 0.265 e. The number of carbonyl (C=O) groups excluding carboxylic acids is 1. The summed E-state index contributed by atoms with van der Waals surface area (Å²) in [6.07, 6.45) is 2.16. The lowest BCUT2D eigenvalue weighted by Crippen LogP contribution is -2.41. The number of hydrogen-bond acceptors (Lipinski definition) is 4. The molecule has 2 heterocycles. The van der Waals surface area contributed by atoms with Crippen LogP contribution >= 0.6 is 11.3 Å². The lowest BCUT2D eigenvalue weighted by molar-refractivity contribution is 0.0575. The summed E-state index contributed by atoms with van der Waals surface area (Å²) in [5, 5.41) is 1.91. The molecule has 0 aromatic carbocycles. The molecule has 1 amide bonds. The molecule has 0 saturated carbocycles. The first-order valence-corrected chi connectivity index (χ1v) is 7.69. The summed E-state index contributed by atoms with van der Waals surface area (Å²) in [6.45, 7) is 2.62. The van der Waals surface area contributed by atoms with E-state index in [0.717, 1.165) is 36.4 Å². The Morgan fingerprint density at radius 3 is 3.25 bits per heavy atom. The number of piperidine rings is 1. The standard InChI is InChI=1S/C15H20N2O2S/c1-19-11-12-4-3-8-17(10-12)15(18)14-13(5-2-7-16)6-9-20-14/h6,9,12H,3-4,7-8,10-11,16H2,1H3. The van der Waals surface area contributed by atoms with Crippen molar-refractivity contribution in [2.24, 2.45) is 11.7 Å². The second-order valence-electron chi connectivity index (χ2n) is 4.88. The third-order valence-electron chi connectivity index (χ3n) is 3.39. The third kappa shape index (κ3) is 3.60. The second kappa shape index (κ2) is 7.44. The van der Waals surface area contributed by atoms with Crippen molar-refractivity contribution in [2.45, 2.75) is 12.8 Å². The van der Waals surface area contributed by atoms with Crippen molar-refractivity contribution in [3.63, 3.8) is 0 Å². The molecule has 1 fully saturated rings. The Labute approximate surface area is 123 Å². The monoisotopic (exact) mass is 292 g/mol. The Balaban J connectivity index is 2.09. The molecule has 20 heavy (non-hydrogen) atoms. The minimum absolute atomic E-state index is 0.0853. The number of nitrogens with two attached hydrogens (primary N) is 1. The lowest BCUT2D eigenvalue weighted by atomic mass is 9.98. The van der Waals surface area contributed by atoms with E-state index in [2.05, 4.69) is 11.8 Å². The molecule has 0 aliphatic carbocycles. The summed E-state index contributed by atoms with van der Waals surface area (Å²) < 4.78 is 5.21. The molecule has 2 N–H and O–H groups in total. The molecule has 1 aliphatic heterocycles. The van der Waals surface area contributed by atoms with Crippen LogP contribution in [0.25, 0.3) is 0 Å². The van der Waals surface area contributed by atoms with Crippen LogP contribution in [0.3, 0.4) is 0 Å². The number of ether oxygens (including phenoxy) is 1. The number of amides is 1. The summed E-state index contributed by atoms with van der Waals surface area (Å²) in [6, 6.07) is 1.89. The highest BCUT2D eigenvalue weighted by molar-refractivity contribution is 7.12. The van der Waals surface area contributed by atoms with E-state index in [4.69, 9.17) is 10.5 Å². The molecule has 5 heteroatoms. The van der Waals surface area contributed by atoms with Gasteiger partial charge in [-0.2, -0.15) is 0 Å². The topological polar surface area (TPSA) is 55.6 Å². The number of hydrogen-bond donors (Lipinski definition) is 1. The maximum atomic E-state index is 12.6. The van der Waals surface area contributed by atoms with Gasteiger partial charge in [0.25, 0.3) is 5.91 Å². The minimum atomic E-state index is 0.0853. The van der Waals surface area contributed by atoms with Crippen LogP contribution in [-0.2, 0) is 4.74 Å². The molecule has 1 unspecified atom stereocenters. The zero-order chi connectivity index (χ0) is 14.4. The summed E-state index contributed by atoms with van der Waals surface area (Å²) in [5.74, 6) is 6.31. The molecule has 0 radical (unpaired) electrons. The summed E-state index contributed by atoms with van der Waals surface area (Å²) in [4.78, 5) is 15.2. The Kier molecular flexibility index (Phi) is 5.60. The summed E-state index contributed by atoms with van der Waals surface area (Å²) >= 11 is 1.45. The average Bonchev–Trinajstić information content (AvgIpc) is 2.93. The van der Waals surface area contributed by atoms with Gasteiger partial charge in [-0.25, -0.2) is 0 Å². The largest absolute Gasteiger partial charge is 0.384 e. The Morgan fingerprint density at radius 2 is 2.50 bits per heavy atom. The third-order valence-corrected chi connectivity index (χ3v) is 4.30. The quantitative estimate of drug-likeness (QED) is 0.860. The fourth-order valence-corrected chi connectivity index (χ4v) is 3.30. The van der Waals surface area contributed by atoms with E-state index in [9.17, 15) is 4.79 Å². The van der Waals surface area contributed by atoms with Crippen molar-refractivity contribution in [2.75, 3.05) is 33.4 Å². The van der Waals surface area contributed by atoms with Gasteiger partial charge in [0, 0.05) is 25.8 Å². The van der Waals surface area contributed by atoms with Gasteiger partial charge in [-0.15, -0.1) is 11.3 Å². The van der Waals surface area contributed by atoms with Crippen LogP contribution in [0.1, 0.15) is 28.1 Å². The molecule has 4 nitrogen and oxygen atoms in total. The Morgan fingerprint density at radius 1 is 1.65 bits per heavy atom. The van der Waals surface area contributed by atoms with E-state index in [0.29, 0.717) is 19.1 Å². The van der Waals surface area contributed by atoms with Gasteiger partial charge >= 0.3 is 0 Å². The molecule has 0 spiro atoms. The highest BCUT2D eigenvalue weighted by Gasteiger charge is 2.26. The van der Waals surface area contributed by atoms with Crippen molar-refractivity contribution in [1.82, 2.24) is 4.90 Å². The minimum Gasteiger partial charge on any atom is -0.384 e. The van der Waals surface area contributed by atoms with Gasteiger partial charge in [0.05, 0.1) is 13.2 Å². The van der Waals surface area contributed by atoms with E-state index in [1.165, 1.54) is 11.3 Å². The van der Waals surface area contributed by atoms with Gasteiger partial charge in [-0.1, -0.05) is 11.8 Å². The van der Waals surface area contributed by atoms with Crippen molar-refractivity contribution in [3.8, 4) is 11.8 Å². The van der Waals surface area contributed by atoms with E-state index >= 15 is 0 Å². The SMILES string of the molecule is COCC1CCCN(C(=O)c2sccc2C#CCN)C1. The zero-order valence-corrected chi connectivity index (χ0v) is 12.5. The predicted molar refractivity (Wildman–Crippen MR) is 80.8 cm³/mol. The number of methoxy groups -OCH3 is 1. The molecule has 108 valence electrons. The van der Waals surface area contributed by atoms with Crippen LogP contribution < -0.4 is 5.73 Å². The first-order valence-electron chi connectivity index (χ1n) is 6.81. The molecule has 1 atom stereocenters.